The van der Waals surface area contributed by atoms with Crippen molar-refractivity contribution in [3.63, 3.8) is 0 Å². The molecule has 3 N–H and O–H groups in total. The lowest BCUT2D eigenvalue weighted by Gasteiger charge is -2.16. The van der Waals surface area contributed by atoms with E-state index in [-0.39, 0.29) is 23.1 Å². The van der Waals surface area contributed by atoms with E-state index in [1.54, 1.807) is 0 Å². The number of carboxylic acid groups (broad SMARTS) is 1. The van der Waals surface area contributed by atoms with Crippen LogP contribution in [0, 0.1) is 0 Å². The van der Waals surface area contributed by atoms with Crippen molar-refractivity contribution < 1.29 is 23.1 Å². The fourth-order valence-corrected chi connectivity index (χ4v) is 3.98. The standard InChI is InChI=1S/C17H26N2O5S/c1-2-3-4-9-18-15-8-7-13(17(20)21)11-16(15)25(22,23)19-12-14-6-5-10-24-14/h7-8,11,14,18-19H,2-6,9-10,12H2,1H3,(H,20,21)/t14-/m1/s1. The van der Waals surface area contributed by atoms with Gasteiger partial charge >= 0.3 is 5.97 Å². The number of carbonyl (C=O) groups is 1. The Bertz CT molecular complexity index is 684. The molecule has 1 saturated heterocycles. The van der Waals surface area contributed by atoms with E-state index in [2.05, 4.69) is 17.0 Å². The Hall–Kier alpha value is -1.64. The van der Waals surface area contributed by atoms with Crippen molar-refractivity contribution in [3.05, 3.63) is 23.8 Å². The summed E-state index contributed by atoms with van der Waals surface area (Å²) in [7, 11) is -3.83. The van der Waals surface area contributed by atoms with Gasteiger partial charge in [0.05, 0.1) is 17.4 Å². The highest BCUT2D eigenvalue weighted by Gasteiger charge is 2.23. The zero-order valence-electron chi connectivity index (χ0n) is 14.5. The Morgan fingerprint density at radius 1 is 1.36 bits per heavy atom. The lowest BCUT2D eigenvalue weighted by atomic mass is 10.2. The average Bonchev–Trinajstić information content (AvgIpc) is 3.10. The van der Waals surface area contributed by atoms with Gasteiger partial charge in [-0.3, -0.25) is 0 Å². The molecule has 2 rings (SSSR count). The number of ether oxygens (including phenoxy) is 1. The van der Waals surface area contributed by atoms with Gasteiger partial charge in [0.25, 0.3) is 0 Å². The van der Waals surface area contributed by atoms with Crippen LogP contribution in [0.25, 0.3) is 0 Å². The third kappa shape index (κ3) is 5.69. The van der Waals surface area contributed by atoms with Crippen molar-refractivity contribution in [2.75, 3.05) is 25.0 Å². The predicted octanol–water partition coefficient (Wildman–Crippen LogP) is 2.44. The van der Waals surface area contributed by atoms with Crippen LogP contribution in [0.15, 0.2) is 23.1 Å². The lowest BCUT2D eigenvalue weighted by Crippen LogP contribution is -2.32. The first-order valence-corrected chi connectivity index (χ1v) is 10.1. The van der Waals surface area contributed by atoms with Crippen molar-refractivity contribution in [3.8, 4) is 0 Å². The number of sulfonamides is 1. The molecule has 1 aromatic rings. The molecule has 0 aliphatic carbocycles. The van der Waals surface area contributed by atoms with Gasteiger partial charge in [0.2, 0.25) is 10.0 Å². The summed E-state index contributed by atoms with van der Waals surface area (Å²) < 4.78 is 33.3. The molecule has 1 atom stereocenters. The summed E-state index contributed by atoms with van der Waals surface area (Å²) in [6.07, 6.45) is 4.64. The molecule has 0 aromatic heterocycles. The first-order valence-electron chi connectivity index (χ1n) is 8.66. The number of benzene rings is 1. The molecule has 0 amide bonds. The van der Waals surface area contributed by atoms with Crippen molar-refractivity contribution in [1.82, 2.24) is 4.72 Å². The summed E-state index contributed by atoms with van der Waals surface area (Å²) in [5.41, 5.74) is 0.359. The largest absolute Gasteiger partial charge is 0.478 e. The minimum absolute atomic E-state index is 0.0399. The van der Waals surface area contributed by atoms with Crippen molar-refractivity contribution in [2.45, 2.75) is 50.0 Å². The Labute approximate surface area is 148 Å². The summed E-state index contributed by atoms with van der Waals surface area (Å²) in [5, 5.41) is 12.3. The van der Waals surface area contributed by atoms with E-state index >= 15 is 0 Å². The molecule has 1 aromatic carbocycles. The van der Waals surface area contributed by atoms with Gasteiger partial charge in [0, 0.05) is 19.7 Å². The second kappa shape index (κ2) is 9.17. The van der Waals surface area contributed by atoms with Crippen LogP contribution in [0.2, 0.25) is 0 Å². The molecule has 25 heavy (non-hydrogen) atoms. The van der Waals surface area contributed by atoms with Crippen molar-refractivity contribution in [2.24, 2.45) is 0 Å². The number of unbranched alkanes of at least 4 members (excludes halogenated alkanes) is 2. The molecule has 7 nitrogen and oxygen atoms in total. The fraction of sp³-hybridized carbons (Fsp3) is 0.588. The molecular formula is C17H26N2O5S. The molecule has 1 fully saturated rings. The monoisotopic (exact) mass is 370 g/mol. The summed E-state index contributed by atoms with van der Waals surface area (Å²) in [4.78, 5) is 11.2. The van der Waals surface area contributed by atoms with Crippen molar-refractivity contribution in [1.29, 1.82) is 0 Å². The summed E-state index contributed by atoms with van der Waals surface area (Å²) >= 11 is 0. The van der Waals surface area contributed by atoms with Crippen LogP contribution in [-0.2, 0) is 14.8 Å². The van der Waals surface area contributed by atoms with Crippen LogP contribution >= 0.6 is 0 Å². The molecule has 0 saturated carbocycles. The smallest absolute Gasteiger partial charge is 0.335 e. The third-order valence-electron chi connectivity index (χ3n) is 4.14. The van der Waals surface area contributed by atoms with E-state index in [4.69, 9.17) is 9.84 Å². The first kappa shape index (κ1) is 19.7. The summed E-state index contributed by atoms with van der Waals surface area (Å²) in [6, 6.07) is 4.11. The molecule has 0 unspecified atom stereocenters. The van der Waals surface area contributed by atoms with Crippen LogP contribution < -0.4 is 10.0 Å². The fourth-order valence-electron chi connectivity index (χ4n) is 2.71. The highest BCUT2D eigenvalue weighted by molar-refractivity contribution is 7.89. The molecule has 0 bridgehead atoms. The topological polar surface area (TPSA) is 105 Å². The zero-order valence-corrected chi connectivity index (χ0v) is 15.3. The minimum Gasteiger partial charge on any atom is -0.478 e. The number of hydrogen-bond donors (Lipinski definition) is 3. The van der Waals surface area contributed by atoms with Crippen LogP contribution in [0.3, 0.4) is 0 Å². The van der Waals surface area contributed by atoms with Gasteiger partial charge in [-0.05, 0) is 37.5 Å². The molecule has 8 heteroatoms. The molecule has 1 aliphatic heterocycles. The van der Waals surface area contributed by atoms with Crippen LogP contribution in [0.4, 0.5) is 5.69 Å². The Morgan fingerprint density at radius 3 is 2.80 bits per heavy atom. The second-order valence-corrected chi connectivity index (χ2v) is 7.87. The number of rotatable bonds is 10. The normalized spacial score (nSPS) is 17.6. The molecule has 1 heterocycles. The maximum Gasteiger partial charge on any atom is 0.335 e. The SMILES string of the molecule is CCCCCNc1ccc(C(=O)O)cc1S(=O)(=O)NC[C@H]1CCCO1. The van der Waals surface area contributed by atoms with Gasteiger partial charge < -0.3 is 15.2 Å². The Morgan fingerprint density at radius 2 is 2.16 bits per heavy atom. The summed E-state index contributed by atoms with van der Waals surface area (Å²) in [6.45, 7) is 3.56. The molecule has 1 aliphatic rings. The number of aromatic carboxylic acids is 1. The van der Waals surface area contributed by atoms with E-state index in [9.17, 15) is 13.2 Å². The third-order valence-corrected chi connectivity index (χ3v) is 5.60. The minimum atomic E-state index is -3.83. The quantitative estimate of drug-likeness (QED) is 0.547. The van der Waals surface area contributed by atoms with Gasteiger partial charge in [0.1, 0.15) is 4.90 Å². The van der Waals surface area contributed by atoms with Gasteiger partial charge in [-0.15, -0.1) is 0 Å². The number of hydrogen-bond acceptors (Lipinski definition) is 5. The lowest BCUT2D eigenvalue weighted by molar-refractivity contribution is 0.0696. The van der Waals surface area contributed by atoms with Crippen molar-refractivity contribution >= 4 is 21.7 Å². The maximum atomic E-state index is 12.7. The van der Waals surface area contributed by atoms with E-state index in [1.807, 2.05) is 0 Å². The number of nitrogens with one attached hydrogen (secondary N) is 2. The number of anilines is 1. The molecule has 0 spiro atoms. The van der Waals surface area contributed by atoms with E-state index in [1.165, 1.54) is 18.2 Å². The average molecular weight is 370 g/mol. The number of carboxylic acids is 1. The van der Waals surface area contributed by atoms with Gasteiger partial charge in [-0.25, -0.2) is 17.9 Å². The predicted molar refractivity (Wildman–Crippen MR) is 95.6 cm³/mol. The van der Waals surface area contributed by atoms with E-state index < -0.39 is 16.0 Å². The molecule has 0 radical (unpaired) electrons. The first-order chi connectivity index (χ1) is 11.9. The molecular weight excluding hydrogens is 344 g/mol. The van der Waals surface area contributed by atoms with Gasteiger partial charge in [-0.1, -0.05) is 19.8 Å². The van der Waals surface area contributed by atoms with E-state index in [0.717, 1.165) is 32.1 Å². The zero-order chi connectivity index (χ0) is 18.3. The van der Waals surface area contributed by atoms with Gasteiger partial charge in [-0.2, -0.15) is 0 Å². The van der Waals surface area contributed by atoms with E-state index in [0.29, 0.717) is 18.8 Å². The Kier molecular flexibility index (Phi) is 7.22. The highest BCUT2D eigenvalue weighted by Crippen LogP contribution is 2.23. The van der Waals surface area contributed by atoms with Crippen LogP contribution in [-0.4, -0.2) is 45.3 Å². The van der Waals surface area contributed by atoms with Gasteiger partial charge in [0.15, 0.2) is 0 Å². The Balaban J connectivity index is 2.17. The highest BCUT2D eigenvalue weighted by atomic mass is 32.2. The van der Waals surface area contributed by atoms with Crippen LogP contribution in [0.5, 0.6) is 0 Å². The van der Waals surface area contributed by atoms with Crippen LogP contribution in [0.1, 0.15) is 49.4 Å². The molecule has 140 valence electrons. The maximum absolute atomic E-state index is 12.7. The summed E-state index contributed by atoms with van der Waals surface area (Å²) in [5.74, 6) is -1.16. The second-order valence-electron chi connectivity index (χ2n) is 6.14.